The number of aryl methyl sites for hydroxylation is 1. The molecule has 0 heterocycles. The fourth-order valence-corrected chi connectivity index (χ4v) is 2.11. The third-order valence-corrected chi connectivity index (χ3v) is 3.41. The number of hydrogen-bond donors (Lipinski definition) is 1. The van der Waals surface area contributed by atoms with Gasteiger partial charge in [0.05, 0.1) is 0 Å². The first kappa shape index (κ1) is 13.5. The minimum atomic E-state index is 0.832. The Hall–Kier alpha value is -1.93. The Bertz CT molecular complexity index is 600. The molecule has 1 nitrogen and oxygen atoms in total. The van der Waals surface area contributed by atoms with Crippen LogP contribution in [0.5, 0.6) is 0 Å². The molecule has 19 heavy (non-hydrogen) atoms. The van der Waals surface area contributed by atoms with Gasteiger partial charge in [0, 0.05) is 10.6 Å². The second-order valence-corrected chi connectivity index (χ2v) is 4.82. The van der Waals surface area contributed by atoms with Crippen LogP contribution < -0.4 is 5.73 Å². The number of allylic oxidation sites excluding steroid dienone is 1. The van der Waals surface area contributed by atoms with E-state index in [2.05, 4.69) is 19.1 Å². The molecule has 0 saturated heterocycles. The van der Waals surface area contributed by atoms with Crippen LogP contribution in [-0.4, -0.2) is 4.86 Å². The van der Waals surface area contributed by atoms with E-state index in [1.54, 1.807) is 0 Å². The van der Waals surface area contributed by atoms with E-state index in [0.29, 0.717) is 0 Å². The SMILES string of the molecule is CCc1ccc(C=CC(=S)c2ccccc2)cc1N. The fraction of sp³-hybridized carbons (Fsp3) is 0.118. The maximum absolute atomic E-state index is 5.98. The summed E-state index contributed by atoms with van der Waals surface area (Å²) in [5, 5.41) is 0. The summed E-state index contributed by atoms with van der Waals surface area (Å²) in [5.74, 6) is 0. The number of rotatable bonds is 4. The molecule has 0 fully saturated rings. The summed E-state index contributed by atoms with van der Waals surface area (Å²) in [6.45, 7) is 2.10. The number of benzene rings is 2. The molecule has 0 radical (unpaired) electrons. The molecule has 0 unspecified atom stereocenters. The summed E-state index contributed by atoms with van der Waals surface area (Å²) in [7, 11) is 0. The molecular weight excluding hydrogens is 250 g/mol. The predicted octanol–water partition coefficient (Wildman–Crippen LogP) is 4.26. The Morgan fingerprint density at radius 2 is 1.89 bits per heavy atom. The Labute approximate surface area is 119 Å². The Morgan fingerprint density at radius 1 is 1.16 bits per heavy atom. The third kappa shape index (κ3) is 3.52. The lowest BCUT2D eigenvalue weighted by Crippen LogP contribution is -1.94. The zero-order chi connectivity index (χ0) is 13.7. The smallest absolute Gasteiger partial charge is 0.0449 e. The third-order valence-electron chi connectivity index (χ3n) is 3.04. The molecule has 0 aliphatic rings. The average molecular weight is 267 g/mol. The molecule has 2 rings (SSSR count). The van der Waals surface area contributed by atoms with Gasteiger partial charge in [-0.2, -0.15) is 0 Å². The summed E-state index contributed by atoms with van der Waals surface area (Å²) in [6, 6.07) is 16.1. The second-order valence-electron chi connectivity index (χ2n) is 4.38. The van der Waals surface area contributed by atoms with Crippen LogP contribution in [0.15, 0.2) is 54.6 Å². The van der Waals surface area contributed by atoms with Gasteiger partial charge in [-0.3, -0.25) is 0 Å². The normalized spacial score (nSPS) is 10.8. The molecule has 0 spiro atoms. The largest absolute Gasteiger partial charge is 0.398 e. The summed E-state index contributed by atoms with van der Waals surface area (Å²) >= 11 is 5.38. The Morgan fingerprint density at radius 3 is 2.53 bits per heavy atom. The maximum atomic E-state index is 5.98. The minimum absolute atomic E-state index is 0.832. The van der Waals surface area contributed by atoms with Crippen molar-refractivity contribution in [1.82, 2.24) is 0 Å². The number of hydrogen-bond acceptors (Lipinski definition) is 2. The Kier molecular flexibility index (Phi) is 4.48. The van der Waals surface area contributed by atoms with Gasteiger partial charge in [-0.05, 0) is 35.3 Å². The highest BCUT2D eigenvalue weighted by molar-refractivity contribution is 7.81. The molecule has 0 saturated carbocycles. The average Bonchev–Trinajstić information content (AvgIpc) is 2.46. The molecule has 0 amide bonds. The standard InChI is InChI=1S/C17H17NS/c1-2-14-10-8-13(12-16(14)18)9-11-17(19)15-6-4-3-5-7-15/h3-12H,2,18H2,1H3. The molecule has 0 bridgehead atoms. The number of anilines is 1. The zero-order valence-electron chi connectivity index (χ0n) is 11.0. The van der Waals surface area contributed by atoms with E-state index in [1.165, 1.54) is 5.56 Å². The summed E-state index contributed by atoms with van der Waals surface area (Å²) in [4.78, 5) is 0.832. The van der Waals surface area contributed by atoms with Crippen molar-refractivity contribution in [3.63, 3.8) is 0 Å². The molecule has 0 aliphatic carbocycles. The molecule has 96 valence electrons. The lowest BCUT2D eigenvalue weighted by Gasteiger charge is -2.03. The van der Waals surface area contributed by atoms with Gasteiger partial charge in [-0.15, -0.1) is 0 Å². The maximum Gasteiger partial charge on any atom is 0.0449 e. The summed E-state index contributed by atoms with van der Waals surface area (Å²) in [5.41, 5.74) is 10.1. The molecule has 2 heteroatoms. The van der Waals surface area contributed by atoms with Crippen LogP contribution in [0.25, 0.3) is 6.08 Å². The van der Waals surface area contributed by atoms with Crippen LogP contribution >= 0.6 is 12.2 Å². The van der Waals surface area contributed by atoms with Crippen LogP contribution in [0.3, 0.4) is 0 Å². The van der Waals surface area contributed by atoms with Crippen LogP contribution in [-0.2, 0) is 6.42 Å². The fourth-order valence-electron chi connectivity index (χ4n) is 1.91. The monoisotopic (exact) mass is 267 g/mol. The molecule has 0 aliphatic heterocycles. The lowest BCUT2D eigenvalue weighted by molar-refractivity contribution is 1.14. The van der Waals surface area contributed by atoms with Gasteiger partial charge in [-0.1, -0.05) is 67.7 Å². The van der Waals surface area contributed by atoms with E-state index >= 15 is 0 Å². The van der Waals surface area contributed by atoms with Crippen LogP contribution in [0.1, 0.15) is 23.6 Å². The van der Waals surface area contributed by atoms with Gasteiger partial charge in [0.15, 0.2) is 0 Å². The highest BCUT2D eigenvalue weighted by atomic mass is 32.1. The minimum Gasteiger partial charge on any atom is -0.398 e. The second kappa shape index (κ2) is 6.30. The number of thiocarbonyl (C=S) groups is 1. The molecule has 2 N–H and O–H groups in total. The van der Waals surface area contributed by atoms with Gasteiger partial charge < -0.3 is 5.73 Å². The van der Waals surface area contributed by atoms with Gasteiger partial charge in [-0.25, -0.2) is 0 Å². The molecule has 0 atom stereocenters. The first-order valence-electron chi connectivity index (χ1n) is 6.36. The molecule has 2 aromatic rings. The first-order valence-corrected chi connectivity index (χ1v) is 6.77. The number of nitrogen functional groups attached to an aromatic ring is 1. The van der Waals surface area contributed by atoms with E-state index in [-0.39, 0.29) is 0 Å². The van der Waals surface area contributed by atoms with Gasteiger partial charge in [0.1, 0.15) is 0 Å². The van der Waals surface area contributed by atoms with Crippen molar-refractivity contribution in [1.29, 1.82) is 0 Å². The zero-order valence-corrected chi connectivity index (χ0v) is 11.8. The summed E-state index contributed by atoms with van der Waals surface area (Å²) in [6.07, 6.45) is 4.91. The van der Waals surface area contributed by atoms with Gasteiger partial charge >= 0.3 is 0 Å². The van der Waals surface area contributed by atoms with E-state index < -0.39 is 0 Å². The topological polar surface area (TPSA) is 26.0 Å². The molecule has 2 aromatic carbocycles. The van der Waals surface area contributed by atoms with Crippen molar-refractivity contribution < 1.29 is 0 Å². The van der Waals surface area contributed by atoms with Crippen LogP contribution in [0.4, 0.5) is 5.69 Å². The number of nitrogens with two attached hydrogens (primary N) is 1. The van der Waals surface area contributed by atoms with E-state index in [1.807, 2.05) is 48.6 Å². The van der Waals surface area contributed by atoms with Crippen LogP contribution in [0, 0.1) is 0 Å². The predicted molar refractivity (Wildman–Crippen MR) is 87.4 cm³/mol. The van der Waals surface area contributed by atoms with Gasteiger partial charge in [0.25, 0.3) is 0 Å². The molecule has 0 aromatic heterocycles. The highest BCUT2D eigenvalue weighted by Gasteiger charge is 1.98. The quantitative estimate of drug-likeness (QED) is 0.387. The van der Waals surface area contributed by atoms with Gasteiger partial charge in [0.2, 0.25) is 0 Å². The molecular formula is C17H17NS. The van der Waals surface area contributed by atoms with Crippen molar-refractivity contribution in [2.45, 2.75) is 13.3 Å². The van der Waals surface area contributed by atoms with Crippen molar-refractivity contribution >= 4 is 28.8 Å². The van der Waals surface area contributed by atoms with Crippen molar-refractivity contribution in [2.75, 3.05) is 5.73 Å². The lowest BCUT2D eigenvalue weighted by atomic mass is 10.1. The van der Waals surface area contributed by atoms with Crippen molar-refractivity contribution in [3.05, 3.63) is 71.3 Å². The van der Waals surface area contributed by atoms with Crippen molar-refractivity contribution in [2.24, 2.45) is 0 Å². The highest BCUT2D eigenvalue weighted by Crippen LogP contribution is 2.16. The first-order chi connectivity index (χ1) is 9.20. The van der Waals surface area contributed by atoms with Crippen molar-refractivity contribution in [3.8, 4) is 0 Å². The summed E-state index contributed by atoms with van der Waals surface area (Å²) < 4.78 is 0. The van der Waals surface area contributed by atoms with Crippen LogP contribution in [0.2, 0.25) is 0 Å². The Balaban J connectivity index is 2.15. The van der Waals surface area contributed by atoms with E-state index in [9.17, 15) is 0 Å². The van der Waals surface area contributed by atoms with E-state index in [0.717, 1.165) is 28.1 Å². The van der Waals surface area contributed by atoms with E-state index in [4.69, 9.17) is 18.0 Å².